The zero-order valence-corrected chi connectivity index (χ0v) is 28.0. The van der Waals surface area contributed by atoms with E-state index in [0.29, 0.717) is 17.2 Å². The number of pyridine rings is 1. The topological polar surface area (TPSA) is 80.1 Å². The van der Waals surface area contributed by atoms with Crippen molar-refractivity contribution in [2.75, 3.05) is 51.3 Å². The maximum atomic E-state index is 10.0. The van der Waals surface area contributed by atoms with Crippen molar-refractivity contribution < 1.29 is 15.0 Å². The molecular weight excluding hydrogens is 568 g/mol. The van der Waals surface area contributed by atoms with E-state index in [1.807, 2.05) is 55.4 Å². The third kappa shape index (κ3) is 10.2. The monoisotopic (exact) mass is 622 g/mol. The van der Waals surface area contributed by atoms with E-state index in [0.717, 1.165) is 10.8 Å². The minimum Gasteiger partial charge on any atom is -0.507 e. The van der Waals surface area contributed by atoms with Crippen molar-refractivity contribution >= 4 is 35.2 Å². The lowest BCUT2D eigenvalue weighted by Crippen LogP contribution is -2.46. The number of hydrogen-bond donors (Lipinski definition) is 2. The molecule has 3 aromatic rings. The number of carbonyl (C=O) groups is 1. The molecule has 3 fully saturated rings. The highest BCUT2D eigenvalue weighted by Crippen LogP contribution is 2.42. The van der Waals surface area contributed by atoms with Crippen LogP contribution in [0.1, 0.15) is 71.6 Å². The second kappa shape index (κ2) is 19.0. The SMILES string of the molecule is C=O.CCCCC1CCCN1Sc1ccc(O)c2ccccc12.CCO.CN1CCC2(CC1)CCN(c1ccncc1)CC2. The molecule has 1 aromatic heterocycles. The normalized spacial score (nSPS) is 19.7. The number of likely N-dealkylation sites (tertiary alicyclic amines) is 1. The first-order chi connectivity index (χ1) is 21.5. The molecule has 6 rings (SSSR count). The van der Waals surface area contributed by atoms with Gasteiger partial charge in [-0.3, -0.25) is 4.98 Å². The summed E-state index contributed by atoms with van der Waals surface area (Å²) in [5.41, 5.74) is 1.99. The quantitative estimate of drug-likeness (QED) is 0.275. The van der Waals surface area contributed by atoms with Crippen LogP contribution in [0.2, 0.25) is 0 Å². The number of phenolic OH excluding ortho intramolecular Hbond substituents is 1. The Kier molecular flexibility index (Phi) is 15.5. The number of nitrogens with zero attached hydrogens (tertiary/aromatic N) is 4. The van der Waals surface area contributed by atoms with Crippen LogP contribution in [0.25, 0.3) is 10.8 Å². The zero-order valence-electron chi connectivity index (χ0n) is 27.2. The Bertz CT molecular complexity index is 1210. The highest BCUT2D eigenvalue weighted by Gasteiger charge is 2.36. The highest BCUT2D eigenvalue weighted by atomic mass is 32.2. The van der Waals surface area contributed by atoms with Gasteiger partial charge in [0.25, 0.3) is 0 Å². The van der Waals surface area contributed by atoms with Gasteiger partial charge in [0.2, 0.25) is 0 Å². The van der Waals surface area contributed by atoms with Crippen LogP contribution in [-0.2, 0) is 4.79 Å². The van der Waals surface area contributed by atoms with Crippen LogP contribution in [-0.4, -0.2) is 83.6 Å². The maximum Gasteiger partial charge on any atom is 0.123 e. The Morgan fingerprint density at radius 3 is 2.16 bits per heavy atom. The fourth-order valence-electron chi connectivity index (χ4n) is 6.51. The average Bonchev–Trinajstić information content (AvgIpc) is 3.52. The Morgan fingerprint density at radius 1 is 0.909 bits per heavy atom. The lowest BCUT2D eigenvalue weighted by molar-refractivity contribution is -0.0980. The van der Waals surface area contributed by atoms with Gasteiger partial charge in [0.1, 0.15) is 12.5 Å². The molecule has 4 heterocycles. The van der Waals surface area contributed by atoms with Gasteiger partial charge in [-0.2, -0.15) is 0 Å². The fraction of sp³-hybridized carbons (Fsp3) is 0.556. The molecule has 2 N–H and O–H groups in total. The van der Waals surface area contributed by atoms with E-state index in [9.17, 15) is 5.11 Å². The number of unbranched alkanes of at least 4 members (excludes halogenated alkanes) is 1. The average molecular weight is 623 g/mol. The number of rotatable bonds is 6. The van der Waals surface area contributed by atoms with Crippen molar-refractivity contribution in [1.29, 1.82) is 0 Å². The molecule has 0 amide bonds. The number of aromatic hydroxyl groups is 1. The van der Waals surface area contributed by atoms with Crippen LogP contribution in [0, 0.1) is 5.41 Å². The molecule has 7 nitrogen and oxygen atoms in total. The number of carbonyl (C=O) groups excluding carboxylic acids is 1. The van der Waals surface area contributed by atoms with Crippen LogP contribution >= 0.6 is 11.9 Å². The molecule has 242 valence electrons. The van der Waals surface area contributed by atoms with E-state index in [1.54, 1.807) is 6.92 Å². The molecule has 2 aromatic carbocycles. The van der Waals surface area contributed by atoms with Gasteiger partial charge in [-0.1, -0.05) is 44.0 Å². The number of phenols is 1. The Hall–Kier alpha value is -2.65. The first-order valence-corrected chi connectivity index (χ1v) is 17.1. The molecule has 0 aliphatic carbocycles. The van der Waals surface area contributed by atoms with Crippen molar-refractivity contribution in [3.63, 3.8) is 0 Å². The molecule has 1 unspecified atom stereocenters. The summed E-state index contributed by atoms with van der Waals surface area (Å²) in [5.74, 6) is 0.374. The molecule has 0 bridgehead atoms. The standard InChI is InChI=1S/C18H23NOS.C15H23N3.C2H6O.CH2O/c1-2-3-7-14-8-6-13-19(14)21-18-12-11-17(20)15-9-4-5-10-16(15)18;1-17-10-4-15(5-11-17)6-12-18(13-7-15)14-2-8-16-9-3-14;1-2-3;1-2/h4-5,9-12,14,20H,2-3,6-8,13H2,1H3;2-3,8-9H,4-7,10-13H2,1H3;3H,2H2,1H3;1H2. The Balaban J connectivity index is 0.000000212. The Morgan fingerprint density at radius 2 is 1.52 bits per heavy atom. The molecule has 0 saturated carbocycles. The number of benzene rings is 2. The van der Waals surface area contributed by atoms with Gasteiger partial charge in [-0.15, -0.1) is 0 Å². The molecule has 1 spiro atoms. The van der Waals surface area contributed by atoms with E-state index < -0.39 is 0 Å². The summed E-state index contributed by atoms with van der Waals surface area (Å²) in [6, 6.07) is 17.0. The first-order valence-electron chi connectivity index (χ1n) is 16.4. The summed E-state index contributed by atoms with van der Waals surface area (Å²) in [4.78, 5) is 18.3. The van der Waals surface area contributed by atoms with Gasteiger partial charge in [0, 0.05) is 66.0 Å². The number of hydrogen-bond acceptors (Lipinski definition) is 8. The predicted octanol–water partition coefficient (Wildman–Crippen LogP) is 7.41. The predicted molar refractivity (Wildman–Crippen MR) is 185 cm³/mol. The van der Waals surface area contributed by atoms with Crippen molar-refractivity contribution in [2.45, 2.75) is 82.6 Å². The third-order valence-corrected chi connectivity index (χ3v) is 10.5. The first kappa shape index (κ1) is 35.8. The highest BCUT2D eigenvalue weighted by molar-refractivity contribution is 7.97. The largest absolute Gasteiger partial charge is 0.507 e. The van der Waals surface area contributed by atoms with Crippen molar-refractivity contribution in [3.8, 4) is 5.75 Å². The van der Waals surface area contributed by atoms with Crippen LogP contribution < -0.4 is 4.90 Å². The van der Waals surface area contributed by atoms with Crippen molar-refractivity contribution in [2.24, 2.45) is 5.41 Å². The zero-order chi connectivity index (χ0) is 31.8. The lowest BCUT2D eigenvalue weighted by atomic mass is 9.71. The van der Waals surface area contributed by atoms with Gasteiger partial charge >= 0.3 is 0 Å². The summed E-state index contributed by atoms with van der Waals surface area (Å²) < 4.78 is 2.55. The smallest absolute Gasteiger partial charge is 0.123 e. The minimum absolute atomic E-state index is 0.250. The molecule has 3 aliphatic heterocycles. The van der Waals surface area contributed by atoms with Gasteiger partial charge < -0.3 is 24.8 Å². The fourth-order valence-corrected chi connectivity index (χ4v) is 7.74. The maximum absolute atomic E-state index is 10.0. The van der Waals surface area contributed by atoms with Crippen LogP contribution in [0.5, 0.6) is 5.75 Å². The number of aliphatic hydroxyl groups excluding tert-OH is 1. The minimum atomic E-state index is 0.250. The second-order valence-corrected chi connectivity index (χ2v) is 13.2. The molecular formula is C36H54N4O3S. The van der Waals surface area contributed by atoms with Gasteiger partial charge in [0.15, 0.2) is 0 Å². The number of anilines is 1. The lowest BCUT2D eigenvalue weighted by Gasteiger charge is -2.46. The number of aliphatic hydroxyl groups is 1. The van der Waals surface area contributed by atoms with Crippen LogP contribution in [0.3, 0.4) is 0 Å². The van der Waals surface area contributed by atoms with E-state index in [-0.39, 0.29) is 6.61 Å². The molecule has 3 saturated heterocycles. The van der Waals surface area contributed by atoms with E-state index >= 15 is 0 Å². The summed E-state index contributed by atoms with van der Waals surface area (Å²) in [6.45, 7) is 12.4. The summed E-state index contributed by atoms with van der Waals surface area (Å²) in [7, 11) is 2.25. The van der Waals surface area contributed by atoms with Crippen molar-refractivity contribution in [1.82, 2.24) is 14.2 Å². The van der Waals surface area contributed by atoms with Gasteiger partial charge in [-0.05, 0) is 114 Å². The molecule has 8 heteroatoms. The van der Waals surface area contributed by atoms with Crippen molar-refractivity contribution in [3.05, 3.63) is 60.9 Å². The molecule has 0 radical (unpaired) electrons. The van der Waals surface area contributed by atoms with Crippen LogP contribution in [0.4, 0.5) is 5.69 Å². The summed E-state index contributed by atoms with van der Waals surface area (Å²) >= 11 is 1.87. The van der Waals surface area contributed by atoms with Gasteiger partial charge in [0.05, 0.1) is 0 Å². The Labute approximate surface area is 269 Å². The van der Waals surface area contributed by atoms with Gasteiger partial charge in [-0.25, -0.2) is 4.31 Å². The number of fused-ring (bicyclic) bond motifs is 1. The summed E-state index contributed by atoms with van der Waals surface area (Å²) in [6.07, 6.45) is 15.8. The van der Waals surface area contributed by atoms with E-state index in [4.69, 9.17) is 9.90 Å². The van der Waals surface area contributed by atoms with E-state index in [2.05, 4.69) is 57.3 Å². The molecule has 1 atom stereocenters. The number of piperidine rings is 2. The molecule has 3 aliphatic rings. The van der Waals surface area contributed by atoms with E-state index in [1.165, 1.54) is 101 Å². The van der Waals surface area contributed by atoms with Crippen LogP contribution in [0.15, 0.2) is 65.8 Å². The second-order valence-electron chi connectivity index (χ2n) is 12.1. The third-order valence-electron chi connectivity index (χ3n) is 9.19. The number of aromatic nitrogens is 1. The summed E-state index contributed by atoms with van der Waals surface area (Å²) in [5, 5.41) is 19.7. The molecule has 44 heavy (non-hydrogen) atoms.